The Balaban J connectivity index is 1.69. The molecule has 0 saturated carbocycles. The van der Waals surface area contributed by atoms with Gasteiger partial charge in [0.2, 0.25) is 0 Å². The van der Waals surface area contributed by atoms with Crippen molar-refractivity contribution in [3.8, 4) is 11.1 Å². The van der Waals surface area contributed by atoms with E-state index in [0.29, 0.717) is 0 Å². The zero-order chi connectivity index (χ0) is 18.2. The van der Waals surface area contributed by atoms with Gasteiger partial charge in [0, 0.05) is 12.8 Å². The largest absolute Gasteiger partial charge is 0.351 e. The van der Waals surface area contributed by atoms with E-state index in [1.54, 1.807) is 0 Å². The fourth-order valence-corrected chi connectivity index (χ4v) is 6.23. The van der Waals surface area contributed by atoms with Crippen molar-refractivity contribution in [3.63, 3.8) is 0 Å². The van der Waals surface area contributed by atoms with Crippen LogP contribution in [-0.4, -0.2) is 29.3 Å². The van der Waals surface area contributed by atoms with E-state index in [4.69, 9.17) is 14.2 Å². The van der Waals surface area contributed by atoms with E-state index in [-0.39, 0.29) is 17.7 Å². The molecule has 6 rings (SSSR count). The van der Waals surface area contributed by atoms with E-state index in [2.05, 4.69) is 82.3 Å². The number of hydrogen-bond donors (Lipinski definition) is 0. The maximum atomic E-state index is 6.58. The third-order valence-corrected chi connectivity index (χ3v) is 6.25. The molecule has 26 heavy (non-hydrogen) atoms. The normalized spacial score (nSPS) is 40.8. The van der Waals surface area contributed by atoms with Crippen LogP contribution in [0.2, 0.25) is 0 Å². The Morgan fingerprint density at radius 3 is 1.85 bits per heavy atom. The molecule has 0 radical (unpaired) electrons. The van der Waals surface area contributed by atoms with Gasteiger partial charge >= 0.3 is 0 Å². The van der Waals surface area contributed by atoms with Gasteiger partial charge in [-0.1, -0.05) is 60.1 Å². The van der Waals surface area contributed by atoms with Crippen molar-refractivity contribution in [2.24, 2.45) is 0 Å². The van der Waals surface area contributed by atoms with Crippen molar-refractivity contribution in [2.45, 2.75) is 63.1 Å². The summed E-state index contributed by atoms with van der Waals surface area (Å²) in [5.41, 5.74) is 3.15. The van der Waals surface area contributed by atoms with Crippen LogP contribution in [0.15, 0.2) is 54.6 Å². The summed E-state index contributed by atoms with van der Waals surface area (Å²) in [6, 6.07) is 19.3. The lowest BCUT2D eigenvalue weighted by Gasteiger charge is -2.69. The van der Waals surface area contributed by atoms with Crippen molar-refractivity contribution in [2.75, 3.05) is 0 Å². The number of hydrogen-bond acceptors (Lipinski definition) is 3. The van der Waals surface area contributed by atoms with E-state index >= 15 is 0 Å². The maximum Gasteiger partial charge on any atom is 0.251 e. The van der Waals surface area contributed by atoms with E-state index in [1.165, 1.54) is 16.6 Å². The van der Waals surface area contributed by atoms with Crippen molar-refractivity contribution >= 4 is 12.2 Å². The van der Waals surface area contributed by atoms with Gasteiger partial charge in [-0.2, -0.15) is 0 Å². The van der Waals surface area contributed by atoms with Crippen LogP contribution < -0.4 is 5.46 Å². The van der Waals surface area contributed by atoms with Gasteiger partial charge in [-0.15, -0.1) is 0 Å². The molecule has 4 saturated heterocycles. The van der Waals surface area contributed by atoms with Crippen LogP contribution in [0.25, 0.3) is 11.1 Å². The molecule has 0 N–H and O–H groups in total. The minimum absolute atomic E-state index is 0.149. The third kappa shape index (κ3) is 2.25. The van der Waals surface area contributed by atoms with Gasteiger partial charge in [-0.3, -0.25) is 0 Å². The average molecular weight is 348 g/mol. The molecule has 4 unspecified atom stereocenters. The minimum atomic E-state index is -0.576. The van der Waals surface area contributed by atoms with Gasteiger partial charge in [0.15, 0.2) is 11.6 Å². The highest BCUT2D eigenvalue weighted by atomic mass is 16.8. The van der Waals surface area contributed by atoms with E-state index < -0.39 is 11.6 Å². The Morgan fingerprint density at radius 1 is 0.692 bits per heavy atom. The zero-order valence-electron chi connectivity index (χ0n) is 15.9. The summed E-state index contributed by atoms with van der Waals surface area (Å²) in [7, 11) is 0. The Hall–Kier alpha value is -1.62. The summed E-state index contributed by atoms with van der Waals surface area (Å²) in [5, 5.41) is 0. The first-order valence-electron chi connectivity index (χ1n) is 9.49. The van der Waals surface area contributed by atoms with Gasteiger partial charge in [0.25, 0.3) is 6.71 Å². The summed E-state index contributed by atoms with van der Waals surface area (Å²) in [4.78, 5) is 0. The first-order chi connectivity index (χ1) is 12.2. The maximum absolute atomic E-state index is 6.58. The van der Waals surface area contributed by atoms with Crippen molar-refractivity contribution < 1.29 is 14.2 Å². The van der Waals surface area contributed by atoms with Crippen molar-refractivity contribution in [3.05, 3.63) is 54.6 Å². The molecule has 4 bridgehead atoms. The molecule has 0 aromatic heterocycles. The van der Waals surface area contributed by atoms with Crippen LogP contribution in [0.4, 0.5) is 0 Å². The number of benzene rings is 2. The molecule has 4 aliphatic rings. The van der Waals surface area contributed by atoms with E-state index in [1.807, 2.05) is 0 Å². The van der Waals surface area contributed by atoms with Crippen molar-refractivity contribution in [1.82, 2.24) is 0 Å². The lowest BCUT2D eigenvalue weighted by atomic mass is 9.22. The molecule has 0 spiro atoms. The second-order valence-electron chi connectivity index (χ2n) is 8.94. The SMILES string of the molecule is CC12CC3(C)OC(C)(CC(C)(O1)B3c1ccccc1-c1ccccc1)O2. The molecule has 4 fully saturated rings. The molecule has 2 aromatic rings. The molecule has 0 amide bonds. The Kier molecular flexibility index (Phi) is 3.19. The summed E-state index contributed by atoms with van der Waals surface area (Å²) in [6.07, 6.45) is 1.47. The summed E-state index contributed by atoms with van der Waals surface area (Å²) in [6.45, 7) is 8.74. The molecule has 4 aliphatic heterocycles. The lowest BCUT2D eigenvalue weighted by Crippen LogP contribution is -2.84. The first-order valence-corrected chi connectivity index (χ1v) is 9.49. The standard InChI is InChI=1S/C22H25BO3/c1-19-14-21(3)25-20(2,15-22(4,24-19)26-21)23(19)18-13-9-8-12-17(18)16-10-6-5-7-11-16/h5-13H,14-15H2,1-4H3. The van der Waals surface area contributed by atoms with Gasteiger partial charge in [0.1, 0.15) is 0 Å². The molecule has 3 nitrogen and oxygen atoms in total. The van der Waals surface area contributed by atoms with E-state index in [0.717, 1.165) is 12.8 Å². The fraction of sp³-hybridized carbons (Fsp3) is 0.455. The van der Waals surface area contributed by atoms with Crippen LogP contribution >= 0.6 is 0 Å². The van der Waals surface area contributed by atoms with Gasteiger partial charge in [0.05, 0.1) is 11.0 Å². The van der Waals surface area contributed by atoms with E-state index in [9.17, 15) is 0 Å². The molecule has 4 heteroatoms. The quantitative estimate of drug-likeness (QED) is 0.769. The number of ether oxygens (including phenoxy) is 3. The topological polar surface area (TPSA) is 27.7 Å². The van der Waals surface area contributed by atoms with Crippen LogP contribution in [0.5, 0.6) is 0 Å². The Labute approximate surface area is 155 Å². The minimum Gasteiger partial charge on any atom is -0.351 e. The summed E-state index contributed by atoms with van der Waals surface area (Å²) >= 11 is 0. The monoisotopic (exact) mass is 348 g/mol. The number of rotatable bonds is 2. The van der Waals surface area contributed by atoms with Gasteiger partial charge < -0.3 is 14.2 Å². The summed E-state index contributed by atoms with van der Waals surface area (Å²) < 4.78 is 19.4. The van der Waals surface area contributed by atoms with Crippen LogP contribution in [0.3, 0.4) is 0 Å². The predicted molar refractivity (Wildman–Crippen MR) is 103 cm³/mol. The molecule has 2 aromatic carbocycles. The predicted octanol–water partition coefficient (Wildman–Crippen LogP) is 3.95. The average Bonchev–Trinajstić information content (AvgIpc) is 2.51. The summed E-state index contributed by atoms with van der Waals surface area (Å²) in [5.74, 6) is -1.15. The van der Waals surface area contributed by atoms with Crippen LogP contribution in [0, 0.1) is 0 Å². The molecular formula is C22H25BO3. The second-order valence-corrected chi connectivity index (χ2v) is 8.94. The Morgan fingerprint density at radius 2 is 1.23 bits per heavy atom. The van der Waals surface area contributed by atoms with Gasteiger partial charge in [-0.05, 0) is 38.8 Å². The van der Waals surface area contributed by atoms with Gasteiger partial charge in [-0.25, -0.2) is 0 Å². The van der Waals surface area contributed by atoms with Crippen LogP contribution in [0.1, 0.15) is 40.5 Å². The highest BCUT2D eigenvalue weighted by Gasteiger charge is 2.72. The van der Waals surface area contributed by atoms with Crippen molar-refractivity contribution in [1.29, 1.82) is 0 Å². The first kappa shape index (κ1) is 16.6. The highest BCUT2D eigenvalue weighted by molar-refractivity contribution is 6.80. The highest BCUT2D eigenvalue weighted by Crippen LogP contribution is 2.58. The second kappa shape index (κ2) is 5.01. The molecule has 4 atom stereocenters. The smallest absolute Gasteiger partial charge is 0.251 e. The molecular weight excluding hydrogens is 323 g/mol. The molecule has 134 valence electrons. The molecule has 4 heterocycles. The third-order valence-electron chi connectivity index (χ3n) is 6.25. The van der Waals surface area contributed by atoms with Crippen LogP contribution in [-0.2, 0) is 14.2 Å². The molecule has 0 aliphatic carbocycles. The zero-order valence-corrected chi connectivity index (χ0v) is 15.9. The fourth-order valence-electron chi connectivity index (χ4n) is 6.23. The lowest BCUT2D eigenvalue weighted by molar-refractivity contribution is -0.473. The Bertz CT molecular complexity index is 821.